The Bertz CT molecular complexity index is 1570. The number of carbonyl (C=O) groups excluding carboxylic acids is 3. The molecule has 2 amide bonds. The maximum atomic E-state index is 12.9. The fraction of sp³-hybridized carbons (Fsp3) is 0.238. The van der Waals surface area contributed by atoms with Crippen molar-refractivity contribution in [3.63, 3.8) is 0 Å². The number of nitrogen functional groups attached to an aromatic ring is 1. The van der Waals surface area contributed by atoms with E-state index in [1.54, 1.807) is 16.0 Å². The molecule has 0 aliphatic carbocycles. The molecule has 3 aromatic rings. The summed E-state index contributed by atoms with van der Waals surface area (Å²) in [5.74, 6) is -3.08. The lowest BCUT2D eigenvalue weighted by Gasteiger charge is -2.50. The molecule has 39 heavy (non-hydrogen) atoms. The van der Waals surface area contributed by atoms with Crippen LogP contribution in [0.4, 0.5) is 9.52 Å². The molecule has 0 radical (unpaired) electrons. The Labute approximate surface area is 231 Å². The Morgan fingerprint density at radius 3 is 3.00 bits per heavy atom. The number of alkyl halides is 1. The lowest BCUT2D eigenvalue weighted by atomic mass is 10.0. The number of nitrogens with one attached hydrogen (secondary N) is 1. The molecule has 1 fully saturated rings. The molecule has 0 spiro atoms. The molecule has 0 aromatic carbocycles. The standard InChI is InChI=1S/C21H18FN9O5S3/c1-29-5-6-30-12(29)3-2-11(26-30)37-7-4-10-8-38-19-14(18(33)31(19)15(10)20(34)35)24-17(32)13(27-36-9-22)16-25-21(23)39-28-16/h2-7,14,19H,8-9H2,1H3,(H3-,23,24,25,28,32,34,35)/b7-4+,27-13+/t14-,19-/m1/s1. The molecule has 0 bridgehead atoms. The van der Waals surface area contributed by atoms with Crippen LogP contribution in [0.5, 0.6) is 0 Å². The van der Waals surface area contributed by atoms with Crippen molar-refractivity contribution < 1.29 is 33.3 Å². The SMILES string of the molecule is C[n+]1ccn2nc(S/C=C/C3=C(C(=O)[O-])N4C(=O)[C@@H](NC(=O)/C(=N/OCF)c5nsc(N)n5)[C@H]4SC3)ccc21. The summed E-state index contributed by atoms with van der Waals surface area (Å²) in [5, 5.41) is 24.0. The molecule has 202 valence electrons. The number of thioether (sulfide) groups is 2. The van der Waals surface area contributed by atoms with Crippen molar-refractivity contribution in [2.75, 3.05) is 18.3 Å². The van der Waals surface area contributed by atoms with Crippen LogP contribution in [0, 0.1) is 0 Å². The number of nitrogens with zero attached hydrogens (tertiary/aromatic N) is 7. The summed E-state index contributed by atoms with van der Waals surface area (Å²) in [7, 11) is 1.90. The summed E-state index contributed by atoms with van der Waals surface area (Å²) < 4.78 is 20.0. The fourth-order valence-electron chi connectivity index (χ4n) is 3.86. The first-order valence-corrected chi connectivity index (χ1v) is 13.7. The molecule has 2 aliphatic rings. The minimum atomic E-state index is -1.52. The zero-order chi connectivity index (χ0) is 27.7. The third-order valence-corrected chi connectivity index (χ3v) is 8.19. The highest BCUT2D eigenvalue weighted by molar-refractivity contribution is 8.02. The summed E-state index contributed by atoms with van der Waals surface area (Å²) >= 11 is 3.32. The van der Waals surface area contributed by atoms with Crippen LogP contribution in [0.25, 0.3) is 5.65 Å². The Morgan fingerprint density at radius 2 is 2.28 bits per heavy atom. The number of fused-ring (bicyclic) bond motifs is 2. The van der Waals surface area contributed by atoms with E-state index in [0.717, 1.165) is 22.1 Å². The van der Waals surface area contributed by atoms with Gasteiger partial charge in [0.1, 0.15) is 22.6 Å². The summed E-state index contributed by atoms with van der Waals surface area (Å²) in [6, 6.07) is 2.66. The second-order valence-corrected chi connectivity index (χ2v) is 10.8. The molecule has 0 saturated carbocycles. The van der Waals surface area contributed by atoms with E-state index < -0.39 is 41.8 Å². The van der Waals surface area contributed by atoms with Crippen LogP contribution in [0.3, 0.4) is 0 Å². The number of hydrogen-bond donors (Lipinski definition) is 2. The van der Waals surface area contributed by atoms with E-state index in [0.29, 0.717) is 10.6 Å². The monoisotopic (exact) mass is 591 g/mol. The number of imidazole rings is 1. The highest BCUT2D eigenvalue weighted by atomic mass is 32.2. The summed E-state index contributed by atoms with van der Waals surface area (Å²) in [5.41, 5.74) is 6.05. The molecular formula is C21H18FN9O5S3. The van der Waals surface area contributed by atoms with Gasteiger partial charge in [-0.05, 0) is 23.1 Å². The number of rotatable bonds is 9. The molecule has 18 heteroatoms. The predicted molar refractivity (Wildman–Crippen MR) is 136 cm³/mol. The van der Waals surface area contributed by atoms with Crippen LogP contribution in [0.1, 0.15) is 5.82 Å². The fourth-order valence-corrected chi connectivity index (χ4v) is 6.27. The number of hydrogen-bond acceptors (Lipinski definition) is 13. The largest absolute Gasteiger partial charge is 0.543 e. The number of allylic oxidation sites excluding steroid dienone is 1. The highest BCUT2D eigenvalue weighted by Gasteiger charge is 2.53. The molecule has 14 nitrogen and oxygen atoms in total. The van der Waals surface area contributed by atoms with E-state index in [9.17, 15) is 23.9 Å². The number of aromatic nitrogens is 5. The van der Waals surface area contributed by atoms with E-state index >= 15 is 0 Å². The summed E-state index contributed by atoms with van der Waals surface area (Å²) in [4.78, 5) is 47.0. The van der Waals surface area contributed by atoms with Gasteiger partial charge < -0.3 is 25.8 Å². The minimum absolute atomic E-state index is 0.0390. The highest BCUT2D eigenvalue weighted by Crippen LogP contribution is 2.40. The second-order valence-electron chi connectivity index (χ2n) is 7.96. The van der Waals surface area contributed by atoms with Gasteiger partial charge in [0.25, 0.3) is 18.7 Å². The van der Waals surface area contributed by atoms with Gasteiger partial charge in [-0.15, -0.1) is 16.3 Å². The quantitative estimate of drug-likeness (QED) is 0.102. The molecule has 0 unspecified atom stereocenters. The number of anilines is 1. The average Bonchev–Trinajstić information content (AvgIpc) is 3.51. The number of aryl methyl sites for hydroxylation is 1. The van der Waals surface area contributed by atoms with E-state index in [1.165, 1.54) is 23.5 Å². The zero-order valence-corrected chi connectivity index (χ0v) is 22.3. The van der Waals surface area contributed by atoms with Gasteiger partial charge in [0, 0.05) is 23.4 Å². The summed E-state index contributed by atoms with van der Waals surface area (Å²) in [6.45, 7) is -1.31. The van der Waals surface area contributed by atoms with Crippen molar-refractivity contribution in [2.24, 2.45) is 12.2 Å². The number of halogens is 1. The maximum absolute atomic E-state index is 12.9. The van der Waals surface area contributed by atoms with Crippen molar-refractivity contribution in [1.29, 1.82) is 0 Å². The predicted octanol–water partition coefficient (Wildman–Crippen LogP) is -1.05. The number of carboxylic acids is 1. The smallest absolute Gasteiger partial charge is 0.306 e. The van der Waals surface area contributed by atoms with Crippen molar-refractivity contribution in [3.05, 3.63) is 53.1 Å². The van der Waals surface area contributed by atoms with Gasteiger partial charge in [-0.25, -0.2) is 8.96 Å². The Hall–Kier alpha value is -4.03. The number of β-lactam (4-membered cyclic amide) rings is 1. The first-order chi connectivity index (χ1) is 18.8. The van der Waals surface area contributed by atoms with Crippen LogP contribution in [0.15, 0.2) is 57.5 Å². The Morgan fingerprint density at radius 1 is 1.46 bits per heavy atom. The van der Waals surface area contributed by atoms with Crippen LogP contribution in [-0.2, 0) is 26.3 Å². The first-order valence-electron chi connectivity index (χ1n) is 11.0. The lowest BCUT2D eigenvalue weighted by molar-refractivity contribution is -0.644. The van der Waals surface area contributed by atoms with Crippen LogP contribution >= 0.6 is 35.1 Å². The Kier molecular flexibility index (Phi) is 7.49. The first kappa shape index (κ1) is 26.6. The number of oxime groups is 1. The van der Waals surface area contributed by atoms with Crippen molar-refractivity contribution in [2.45, 2.75) is 16.4 Å². The van der Waals surface area contributed by atoms with E-state index in [-0.39, 0.29) is 22.4 Å². The van der Waals surface area contributed by atoms with Gasteiger partial charge in [0.05, 0.1) is 18.7 Å². The number of amides is 2. The number of carboxylic acid groups (broad SMARTS) is 1. The number of aliphatic carboxylic acids is 1. The van der Waals surface area contributed by atoms with E-state index in [2.05, 4.69) is 29.8 Å². The molecule has 5 rings (SSSR count). The Balaban J connectivity index is 1.30. The van der Waals surface area contributed by atoms with Gasteiger partial charge in [0.15, 0.2) is 11.3 Å². The molecule has 5 heterocycles. The number of carbonyl (C=O) groups is 3. The number of nitrogens with two attached hydrogens (primary N) is 1. The molecular weight excluding hydrogens is 573 g/mol. The topological polar surface area (TPSA) is 184 Å². The van der Waals surface area contributed by atoms with Crippen LogP contribution in [0.2, 0.25) is 0 Å². The second kappa shape index (κ2) is 11.0. The van der Waals surface area contributed by atoms with Gasteiger partial charge in [-0.2, -0.15) is 9.36 Å². The van der Waals surface area contributed by atoms with E-state index in [4.69, 9.17) is 5.73 Å². The molecule has 1 saturated heterocycles. The van der Waals surface area contributed by atoms with Crippen molar-refractivity contribution in [1.82, 2.24) is 29.2 Å². The zero-order valence-electron chi connectivity index (χ0n) is 19.9. The molecule has 3 aromatic heterocycles. The van der Waals surface area contributed by atoms with Gasteiger partial charge in [-0.3, -0.25) is 14.5 Å². The average molecular weight is 592 g/mol. The van der Waals surface area contributed by atoms with Crippen molar-refractivity contribution in [3.8, 4) is 0 Å². The third kappa shape index (κ3) is 5.17. The minimum Gasteiger partial charge on any atom is -0.543 e. The molecule has 3 N–H and O–H groups in total. The summed E-state index contributed by atoms with van der Waals surface area (Å²) in [6.07, 6.45) is 5.28. The maximum Gasteiger partial charge on any atom is 0.306 e. The lowest BCUT2D eigenvalue weighted by Crippen LogP contribution is -2.71. The van der Waals surface area contributed by atoms with E-state index in [1.807, 2.05) is 36.1 Å². The molecule has 2 atom stereocenters. The normalized spacial score (nSPS) is 19.4. The van der Waals surface area contributed by atoms with Gasteiger partial charge in [-0.1, -0.05) is 22.0 Å². The van der Waals surface area contributed by atoms with Gasteiger partial charge >= 0.3 is 5.65 Å². The van der Waals surface area contributed by atoms with Crippen LogP contribution < -0.4 is 20.7 Å². The van der Waals surface area contributed by atoms with Crippen molar-refractivity contribution >= 4 is 69.3 Å². The van der Waals surface area contributed by atoms with Crippen LogP contribution in [-0.4, -0.2) is 71.4 Å². The molecule has 2 aliphatic heterocycles. The van der Waals surface area contributed by atoms with Gasteiger partial charge in [0.2, 0.25) is 11.5 Å². The third-order valence-electron chi connectivity index (χ3n) is 5.62.